The van der Waals surface area contributed by atoms with Crippen molar-refractivity contribution in [3.8, 4) is 11.8 Å². The van der Waals surface area contributed by atoms with Crippen molar-refractivity contribution in [2.75, 3.05) is 7.11 Å². The summed E-state index contributed by atoms with van der Waals surface area (Å²) in [6.07, 6.45) is 2.53. The van der Waals surface area contributed by atoms with Gasteiger partial charge in [0.05, 0.1) is 23.7 Å². The van der Waals surface area contributed by atoms with E-state index < -0.39 is 4.92 Å². The highest BCUT2D eigenvalue weighted by Gasteiger charge is 2.14. The van der Waals surface area contributed by atoms with Crippen LogP contribution in [0.15, 0.2) is 42.6 Å². The van der Waals surface area contributed by atoms with Gasteiger partial charge >= 0.3 is 0 Å². The zero-order valence-electron chi connectivity index (χ0n) is 13.3. The first-order chi connectivity index (χ1) is 11.5. The topological polar surface area (TPSA) is 81.1 Å². The molecule has 0 saturated heterocycles. The number of benzene rings is 2. The van der Waals surface area contributed by atoms with Crippen LogP contribution in [0.25, 0.3) is 10.9 Å². The van der Waals surface area contributed by atoms with Crippen LogP contribution >= 0.6 is 0 Å². The molecule has 0 atom stereocenters. The number of nitro benzene ring substituents is 1. The van der Waals surface area contributed by atoms with Crippen LogP contribution in [-0.4, -0.2) is 16.6 Å². The molecule has 3 aromatic rings. The number of fused-ring (bicyclic) bond motifs is 1. The molecule has 6 heteroatoms. The Morgan fingerprint density at radius 2 is 2.04 bits per heavy atom. The molecule has 2 aromatic carbocycles. The standard InChI is InChI=1S/C18H15N3O3/c1-20-11-14(16-9-15(21(22)23)5-6-17(16)20)8-13-4-3-12(10-19)7-18(13)24-2/h3-7,9,11H,8H2,1-2H3. The summed E-state index contributed by atoms with van der Waals surface area (Å²) in [4.78, 5) is 10.6. The van der Waals surface area contributed by atoms with E-state index >= 15 is 0 Å². The second-order valence-corrected chi connectivity index (χ2v) is 5.54. The average Bonchev–Trinajstić information content (AvgIpc) is 2.90. The Morgan fingerprint density at radius 1 is 1.25 bits per heavy atom. The van der Waals surface area contributed by atoms with Crippen LogP contribution in [0, 0.1) is 21.4 Å². The molecule has 0 fully saturated rings. The third-order valence-electron chi connectivity index (χ3n) is 4.06. The fourth-order valence-electron chi connectivity index (χ4n) is 2.88. The van der Waals surface area contributed by atoms with Crippen molar-refractivity contribution in [3.63, 3.8) is 0 Å². The molecule has 1 aromatic heterocycles. The molecule has 0 amide bonds. The molecule has 0 unspecified atom stereocenters. The molecule has 0 saturated carbocycles. The van der Waals surface area contributed by atoms with Crippen LogP contribution in [0.3, 0.4) is 0 Å². The fourth-order valence-corrected chi connectivity index (χ4v) is 2.88. The Morgan fingerprint density at radius 3 is 2.71 bits per heavy atom. The smallest absolute Gasteiger partial charge is 0.270 e. The van der Waals surface area contributed by atoms with E-state index in [2.05, 4.69) is 6.07 Å². The Balaban J connectivity index is 2.09. The van der Waals surface area contributed by atoms with Gasteiger partial charge in [-0.3, -0.25) is 10.1 Å². The molecule has 0 aliphatic heterocycles. The van der Waals surface area contributed by atoms with Crippen LogP contribution < -0.4 is 4.74 Å². The molecule has 0 N–H and O–H groups in total. The van der Waals surface area contributed by atoms with Crippen LogP contribution in [0.4, 0.5) is 5.69 Å². The van der Waals surface area contributed by atoms with Gasteiger partial charge in [-0.25, -0.2) is 0 Å². The quantitative estimate of drug-likeness (QED) is 0.543. The van der Waals surface area contributed by atoms with Crippen LogP contribution in [0.5, 0.6) is 5.75 Å². The number of non-ortho nitro benzene ring substituents is 1. The first kappa shape index (κ1) is 15.6. The van der Waals surface area contributed by atoms with Gasteiger partial charge in [0.25, 0.3) is 5.69 Å². The van der Waals surface area contributed by atoms with Gasteiger partial charge in [0.2, 0.25) is 0 Å². The summed E-state index contributed by atoms with van der Waals surface area (Å²) in [6.45, 7) is 0. The van der Waals surface area contributed by atoms with E-state index in [1.165, 1.54) is 6.07 Å². The Labute approximate surface area is 138 Å². The first-order valence-electron chi connectivity index (χ1n) is 7.33. The molecule has 0 radical (unpaired) electrons. The molecule has 6 nitrogen and oxygen atoms in total. The van der Waals surface area contributed by atoms with Gasteiger partial charge in [0, 0.05) is 42.7 Å². The number of nitrogens with zero attached hydrogens (tertiary/aromatic N) is 3. The summed E-state index contributed by atoms with van der Waals surface area (Å²) in [5.74, 6) is 0.636. The number of methoxy groups -OCH3 is 1. The third-order valence-corrected chi connectivity index (χ3v) is 4.06. The Bertz CT molecular complexity index is 983. The van der Waals surface area contributed by atoms with Gasteiger partial charge in [0.1, 0.15) is 5.75 Å². The van der Waals surface area contributed by atoms with Gasteiger partial charge in [-0.05, 0) is 29.3 Å². The lowest BCUT2D eigenvalue weighted by molar-refractivity contribution is -0.384. The lowest BCUT2D eigenvalue weighted by Crippen LogP contribution is -1.94. The maximum atomic E-state index is 11.0. The van der Waals surface area contributed by atoms with Crippen molar-refractivity contribution < 1.29 is 9.66 Å². The first-order valence-corrected chi connectivity index (χ1v) is 7.33. The van der Waals surface area contributed by atoms with E-state index in [4.69, 9.17) is 10.00 Å². The lowest BCUT2D eigenvalue weighted by Gasteiger charge is -2.08. The number of nitro groups is 1. The van der Waals surface area contributed by atoms with Gasteiger partial charge in [-0.1, -0.05) is 6.07 Å². The number of ether oxygens (including phenoxy) is 1. The van der Waals surface area contributed by atoms with Crippen LogP contribution in [0.1, 0.15) is 16.7 Å². The molecule has 0 bridgehead atoms. The van der Waals surface area contributed by atoms with Crippen LogP contribution in [0.2, 0.25) is 0 Å². The minimum atomic E-state index is -0.390. The van der Waals surface area contributed by atoms with Gasteiger partial charge < -0.3 is 9.30 Å². The van der Waals surface area contributed by atoms with E-state index in [0.717, 1.165) is 22.0 Å². The van der Waals surface area contributed by atoms with E-state index in [1.807, 2.05) is 23.9 Å². The molecule has 120 valence electrons. The summed E-state index contributed by atoms with van der Waals surface area (Å²) < 4.78 is 7.32. The average molecular weight is 321 g/mol. The van der Waals surface area contributed by atoms with Crippen molar-refractivity contribution in [2.45, 2.75) is 6.42 Å². The van der Waals surface area contributed by atoms with Gasteiger partial charge in [0.15, 0.2) is 0 Å². The molecular formula is C18H15N3O3. The maximum Gasteiger partial charge on any atom is 0.270 e. The van der Waals surface area contributed by atoms with Crippen molar-refractivity contribution in [1.29, 1.82) is 5.26 Å². The SMILES string of the molecule is COc1cc(C#N)ccc1Cc1cn(C)c2ccc([N+](=O)[O-])cc12. The second kappa shape index (κ2) is 6.05. The lowest BCUT2D eigenvalue weighted by atomic mass is 10.0. The van der Waals surface area contributed by atoms with Gasteiger partial charge in [-0.15, -0.1) is 0 Å². The number of nitriles is 1. The summed E-state index contributed by atoms with van der Waals surface area (Å²) in [6, 6.07) is 12.2. The zero-order chi connectivity index (χ0) is 17.3. The number of hydrogen-bond acceptors (Lipinski definition) is 4. The van der Waals surface area contributed by atoms with E-state index in [1.54, 1.807) is 31.4 Å². The monoisotopic (exact) mass is 321 g/mol. The normalized spacial score (nSPS) is 10.5. The van der Waals surface area contributed by atoms with Crippen molar-refractivity contribution >= 4 is 16.6 Å². The second-order valence-electron chi connectivity index (χ2n) is 5.54. The molecule has 0 aliphatic rings. The summed E-state index contributed by atoms with van der Waals surface area (Å²) >= 11 is 0. The molecule has 1 heterocycles. The summed E-state index contributed by atoms with van der Waals surface area (Å²) in [7, 11) is 3.47. The van der Waals surface area contributed by atoms with E-state index in [9.17, 15) is 10.1 Å². The molecule has 0 aliphatic carbocycles. The fraction of sp³-hybridized carbons (Fsp3) is 0.167. The van der Waals surface area contributed by atoms with E-state index in [-0.39, 0.29) is 5.69 Å². The molecular weight excluding hydrogens is 306 g/mol. The molecule has 0 spiro atoms. The highest BCUT2D eigenvalue weighted by Crippen LogP contribution is 2.30. The summed E-state index contributed by atoms with van der Waals surface area (Å²) in [5.41, 5.74) is 3.43. The van der Waals surface area contributed by atoms with Crippen LogP contribution in [-0.2, 0) is 13.5 Å². The number of aryl methyl sites for hydroxylation is 1. The highest BCUT2D eigenvalue weighted by molar-refractivity contribution is 5.86. The Kier molecular flexibility index (Phi) is 3.92. The van der Waals surface area contributed by atoms with Gasteiger partial charge in [-0.2, -0.15) is 5.26 Å². The predicted molar refractivity (Wildman–Crippen MR) is 90.1 cm³/mol. The predicted octanol–water partition coefficient (Wildman–Crippen LogP) is 3.56. The molecule has 3 rings (SSSR count). The molecule has 24 heavy (non-hydrogen) atoms. The van der Waals surface area contributed by atoms with Crippen molar-refractivity contribution in [1.82, 2.24) is 4.57 Å². The summed E-state index contributed by atoms with van der Waals surface area (Å²) in [5, 5.41) is 20.9. The zero-order valence-corrected chi connectivity index (χ0v) is 13.3. The maximum absolute atomic E-state index is 11.0. The highest BCUT2D eigenvalue weighted by atomic mass is 16.6. The Hall–Kier alpha value is -3.33. The largest absolute Gasteiger partial charge is 0.496 e. The number of hydrogen-bond donors (Lipinski definition) is 0. The van der Waals surface area contributed by atoms with Crippen molar-refractivity contribution in [3.05, 3.63) is 69.4 Å². The van der Waals surface area contributed by atoms with Crippen molar-refractivity contribution in [2.24, 2.45) is 7.05 Å². The third kappa shape index (κ3) is 2.68. The minimum Gasteiger partial charge on any atom is -0.496 e. The van der Waals surface area contributed by atoms with E-state index in [0.29, 0.717) is 17.7 Å². The number of aromatic nitrogens is 1. The minimum absolute atomic E-state index is 0.0711. The number of rotatable bonds is 4.